The van der Waals surface area contributed by atoms with Crippen molar-refractivity contribution in [1.29, 1.82) is 0 Å². The van der Waals surface area contributed by atoms with Gasteiger partial charge in [-0.2, -0.15) is 4.98 Å². The van der Waals surface area contributed by atoms with Crippen LogP contribution >= 0.6 is 0 Å². The highest BCUT2D eigenvalue weighted by atomic mass is 19.3. The van der Waals surface area contributed by atoms with Crippen LogP contribution in [-0.2, 0) is 6.42 Å². The minimum absolute atomic E-state index is 0.0539. The van der Waals surface area contributed by atoms with E-state index in [9.17, 15) is 18.0 Å². The van der Waals surface area contributed by atoms with Gasteiger partial charge in [0.25, 0.3) is 11.8 Å². The maximum Gasteiger partial charge on any atom is 0.269 e. The topological polar surface area (TPSA) is 85.3 Å². The molecule has 0 atom stereocenters. The standard InChI is InChI=1S/C23H19F4N5O/c1-13-2-7-17(15-8-9-32-18(10-15)30-22(28)31-32)20(25)19(13)21(33)29-12-23(26,27)11-14-3-5-16(24)6-4-14/h2-10H,11-12H2,1H3,(H2,28,31)(H,29,33). The van der Waals surface area contributed by atoms with Gasteiger partial charge in [-0.25, -0.2) is 22.1 Å². The molecule has 0 saturated heterocycles. The Labute approximate surface area is 186 Å². The number of nitrogen functional groups attached to an aromatic ring is 1. The van der Waals surface area contributed by atoms with Crippen LogP contribution < -0.4 is 11.1 Å². The van der Waals surface area contributed by atoms with Crippen molar-refractivity contribution < 1.29 is 22.4 Å². The van der Waals surface area contributed by atoms with E-state index in [1.807, 2.05) is 0 Å². The average Bonchev–Trinajstić information content (AvgIpc) is 3.13. The summed E-state index contributed by atoms with van der Waals surface area (Å²) in [6, 6.07) is 10.8. The summed E-state index contributed by atoms with van der Waals surface area (Å²) in [5, 5.41) is 6.07. The number of carbonyl (C=O) groups is 1. The molecule has 2 heterocycles. The Morgan fingerprint density at radius 2 is 1.85 bits per heavy atom. The number of aryl methyl sites for hydroxylation is 1. The zero-order valence-electron chi connectivity index (χ0n) is 17.4. The number of hydrogen-bond acceptors (Lipinski definition) is 4. The summed E-state index contributed by atoms with van der Waals surface area (Å²) in [5.74, 6) is -5.59. The van der Waals surface area contributed by atoms with Crippen LogP contribution in [0.1, 0.15) is 21.5 Å². The lowest BCUT2D eigenvalue weighted by Crippen LogP contribution is -2.38. The predicted octanol–water partition coefficient (Wildman–Crippen LogP) is 4.17. The largest absolute Gasteiger partial charge is 0.366 e. The summed E-state index contributed by atoms with van der Waals surface area (Å²) in [7, 11) is 0. The third-order valence-corrected chi connectivity index (χ3v) is 5.13. The fourth-order valence-electron chi connectivity index (χ4n) is 3.50. The molecular formula is C23H19F4N5O. The second-order valence-corrected chi connectivity index (χ2v) is 7.65. The third-order valence-electron chi connectivity index (χ3n) is 5.13. The first-order chi connectivity index (χ1) is 15.6. The number of amides is 1. The Hall–Kier alpha value is -3.95. The molecule has 0 bridgehead atoms. The molecule has 10 heteroatoms. The highest BCUT2D eigenvalue weighted by Gasteiger charge is 2.31. The van der Waals surface area contributed by atoms with Crippen molar-refractivity contribution in [3.05, 3.63) is 83.1 Å². The molecular weight excluding hydrogens is 438 g/mol. The molecule has 0 saturated carbocycles. The normalized spacial score (nSPS) is 11.7. The number of nitrogens with one attached hydrogen (secondary N) is 1. The molecule has 0 aliphatic heterocycles. The van der Waals surface area contributed by atoms with Gasteiger partial charge in [-0.1, -0.05) is 24.3 Å². The maximum atomic E-state index is 15.3. The van der Waals surface area contributed by atoms with Gasteiger partial charge in [0.1, 0.15) is 11.6 Å². The van der Waals surface area contributed by atoms with Crippen LogP contribution in [0.3, 0.4) is 0 Å². The van der Waals surface area contributed by atoms with Crippen molar-refractivity contribution >= 4 is 17.5 Å². The number of nitrogens with two attached hydrogens (primary N) is 1. The van der Waals surface area contributed by atoms with Gasteiger partial charge in [-0.3, -0.25) is 4.79 Å². The smallest absolute Gasteiger partial charge is 0.269 e. The highest BCUT2D eigenvalue weighted by molar-refractivity contribution is 5.97. The number of aromatic nitrogens is 3. The second-order valence-electron chi connectivity index (χ2n) is 7.65. The van der Waals surface area contributed by atoms with Gasteiger partial charge in [-0.15, -0.1) is 5.10 Å². The summed E-state index contributed by atoms with van der Waals surface area (Å²) >= 11 is 0. The Bertz CT molecular complexity index is 1330. The molecule has 1 amide bonds. The number of fused-ring (bicyclic) bond motifs is 1. The van der Waals surface area contributed by atoms with E-state index in [0.29, 0.717) is 16.8 Å². The minimum Gasteiger partial charge on any atom is -0.366 e. The van der Waals surface area contributed by atoms with Crippen LogP contribution in [0.25, 0.3) is 16.8 Å². The summed E-state index contributed by atoms with van der Waals surface area (Å²) < 4.78 is 58.4. The molecule has 170 valence electrons. The number of rotatable bonds is 6. The number of halogens is 4. The maximum absolute atomic E-state index is 15.3. The molecule has 33 heavy (non-hydrogen) atoms. The Balaban J connectivity index is 1.55. The van der Waals surface area contributed by atoms with E-state index in [1.165, 1.54) is 35.7 Å². The zero-order chi connectivity index (χ0) is 23.8. The lowest BCUT2D eigenvalue weighted by Gasteiger charge is -2.18. The lowest BCUT2D eigenvalue weighted by molar-refractivity contribution is 0.00298. The molecule has 0 fully saturated rings. The summed E-state index contributed by atoms with van der Waals surface area (Å²) in [6.07, 6.45) is 0.847. The fourth-order valence-corrected chi connectivity index (χ4v) is 3.50. The van der Waals surface area contributed by atoms with Crippen molar-refractivity contribution in [3.8, 4) is 11.1 Å². The van der Waals surface area contributed by atoms with E-state index < -0.39 is 36.4 Å². The molecule has 6 nitrogen and oxygen atoms in total. The van der Waals surface area contributed by atoms with Crippen molar-refractivity contribution in [1.82, 2.24) is 19.9 Å². The average molecular weight is 457 g/mol. The van der Waals surface area contributed by atoms with Crippen LogP contribution in [0.2, 0.25) is 0 Å². The van der Waals surface area contributed by atoms with Gasteiger partial charge in [-0.05, 0) is 47.9 Å². The van der Waals surface area contributed by atoms with Crippen molar-refractivity contribution in [3.63, 3.8) is 0 Å². The van der Waals surface area contributed by atoms with E-state index in [0.717, 1.165) is 12.1 Å². The first kappa shape index (κ1) is 22.3. The molecule has 0 spiro atoms. The van der Waals surface area contributed by atoms with Crippen LogP contribution in [-0.4, -0.2) is 33.0 Å². The van der Waals surface area contributed by atoms with E-state index in [4.69, 9.17) is 5.73 Å². The summed E-state index contributed by atoms with van der Waals surface area (Å²) in [5.41, 5.74) is 6.66. The minimum atomic E-state index is -3.31. The van der Waals surface area contributed by atoms with Gasteiger partial charge < -0.3 is 11.1 Å². The van der Waals surface area contributed by atoms with Gasteiger partial charge in [0.2, 0.25) is 5.95 Å². The first-order valence-corrected chi connectivity index (χ1v) is 9.95. The summed E-state index contributed by atoms with van der Waals surface area (Å²) in [4.78, 5) is 16.7. The summed E-state index contributed by atoms with van der Waals surface area (Å²) in [6.45, 7) is 0.512. The molecule has 0 unspecified atom stereocenters. The van der Waals surface area contributed by atoms with Gasteiger partial charge >= 0.3 is 0 Å². The van der Waals surface area contributed by atoms with Gasteiger partial charge in [0, 0.05) is 18.2 Å². The van der Waals surface area contributed by atoms with Gasteiger partial charge in [0.15, 0.2) is 5.65 Å². The van der Waals surface area contributed by atoms with E-state index in [1.54, 1.807) is 18.3 Å². The number of benzene rings is 2. The Kier molecular flexibility index (Phi) is 5.75. The Morgan fingerprint density at radius 1 is 1.12 bits per heavy atom. The molecule has 0 aliphatic rings. The number of alkyl halides is 2. The molecule has 2 aromatic carbocycles. The SMILES string of the molecule is Cc1ccc(-c2ccn3nc(N)nc3c2)c(F)c1C(=O)NCC(F)(F)Cc1ccc(F)cc1. The van der Waals surface area contributed by atoms with E-state index >= 15 is 4.39 Å². The highest BCUT2D eigenvalue weighted by Crippen LogP contribution is 2.28. The quantitative estimate of drug-likeness (QED) is 0.426. The van der Waals surface area contributed by atoms with Crippen LogP contribution in [0.4, 0.5) is 23.5 Å². The van der Waals surface area contributed by atoms with Gasteiger partial charge in [0.05, 0.1) is 12.1 Å². The zero-order valence-corrected chi connectivity index (χ0v) is 17.4. The first-order valence-electron chi connectivity index (χ1n) is 9.95. The number of nitrogens with zero attached hydrogens (tertiary/aromatic N) is 3. The molecule has 2 aromatic heterocycles. The number of pyridine rings is 1. The molecule has 4 aromatic rings. The number of hydrogen-bond donors (Lipinski definition) is 2. The lowest BCUT2D eigenvalue weighted by atomic mass is 9.98. The van der Waals surface area contributed by atoms with Crippen LogP contribution in [0.5, 0.6) is 0 Å². The third kappa shape index (κ3) is 4.79. The van der Waals surface area contributed by atoms with Crippen molar-refractivity contribution in [2.75, 3.05) is 12.3 Å². The molecule has 3 N–H and O–H groups in total. The molecule has 4 rings (SSSR count). The number of carbonyl (C=O) groups excluding carboxylic acids is 1. The second kappa shape index (κ2) is 8.53. The van der Waals surface area contributed by atoms with Crippen molar-refractivity contribution in [2.24, 2.45) is 0 Å². The fraction of sp³-hybridized carbons (Fsp3) is 0.174. The van der Waals surface area contributed by atoms with Crippen molar-refractivity contribution in [2.45, 2.75) is 19.3 Å². The van der Waals surface area contributed by atoms with E-state index in [-0.39, 0.29) is 22.6 Å². The Morgan fingerprint density at radius 3 is 2.58 bits per heavy atom. The monoisotopic (exact) mass is 457 g/mol. The number of anilines is 1. The molecule has 0 aliphatic carbocycles. The van der Waals surface area contributed by atoms with Crippen LogP contribution in [0.15, 0.2) is 54.7 Å². The van der Waals surface area contributed by atoms with E-state index in [2.05, 4.69) is 15.4 Å². The molecule has 0 radical (unpaired) electrons. The predicted molar refractivity (Wildman–Crippen MR) is 115 cm³/mol. The van der Waals surface area contributed by atoms with Crippen LogP contribution in [0, 0.1) is 18.6 Å².